The van der Waals surface area contributed by atoms with E-state index in [4.69, 9.17) is 4.74 Å². The van der Waals surface area contributed by atoms with E-state index in [1.54, 1.807) is 0 Å². The maximum atomic E-state index is 10.9. The van der Waals surface area contributed by atoms with Crippen LogP contribution in [-0.2, 0) is 0 Å². The fourth-order valence-corrected chi connectivity index (χ4v) is 1.48. The van der Waals surface area contributed by atoms with Crippen molar-refractivity contribution in [1.29, 1.82) is 0 Å². The van der Waals surface area contributed by atoms with E-state index >= 15 is 0 Å². The van der Waals surface area contributed by atoms with Crippen molar-refractivity contribution < 1.29 is 9.66 Å². The van der Waals surface area contributed by atoms with Gasteiger partial charge in [0.15, 0.2) is 0 Å². The van der Waals surface area contributed by atoms with Gasteiger partial charge in [0.1, 0.15) is 6.33 Å². The molecule has 1 fully saturated rings. The van der Waals surface area contributed by atoms with E-state index < -0.39 is 4.92 Å². The van der Waals surface area contributed by atoms with Crippen molar-refractivity contribution in [2.45, 2.75) is 19.4 Å². The molecule has 0 aromatic carbocycles. The second-order valence-corrected chi connectivity index (χ2v) is 3.80. The van der Waals surface area contributed by atoms with Gasteiger partial charge in [0.25, 0.3) is 5.88 Å². The lowest BCUT2D eigenvalue weighted by Crippen LogP contribution is -2.09. The van der Waals surface area contributed by atoms with Crippen LogP contribution in [0, 0.1) is 16.0 Å². The Balaban J connectivity index is 2.31. The van der Waals surface area contributed by atoms with Gasteiger partial charge in [-0.15, -0.1) is 0 Å². The molecule has 1 aliphatic carbocycles. The van der Waals surface area contributed by atoms with Crippen LogP contribution in [0.3, 0.4) is 0 Å². The van der Waals surface area contributed by atoms with Crippen LogP contribution in [0.1, 0.15) is 13.3 Å². The molecule has 1 aromatic rings. The Morgan fingerprint density at radius 2 is 2.31 bits per heavy atom. The van der Waals surface area contributed by atoms with Crippen molar-refractivity contribution in [3.8, 4) is 5.88 Å². The van der Waals surface area contributed by atoms with Crippen LogP contribution in [0.5, 0.6) is 5.88 Å². The summed E-state index contributed by atoms with van der Waals surface area (Å²) in [6.45, 7) is 2.07. The number of aromatic nitrogens is 2. The van der Waals surface area contributed by atoms with Crippen LogP contribution < -0.4 is 10.1 Å². The van der Waals surface area contributed by atoms with Crippen LogP contribution >= 0.6 is 0 Å². The van der Waals surface area contributed by atoms with Crippen LogP contribution in [0.15, 0.2) is 6.33 Å². The van der Waals surface area contributed by atoms with E-state index in [0.29, 0.717) is 5.92 Å². The Labute approximate surface area is 92.0 Å². The summed E-state index contributed by atoms with van der Waals surface area (Å²) in [4.78, 5) is 17.9. The number of anilines is 1. The summed E-state index contributed by atoms with van der Waals surface area (Å²) < 4.78 is 4.84. The van der Waals surface area contributed by atoms with Crippen LogP contribution in [0.2, 0.25) is 0 Å². The molecule has 1 aromatic heterocycles. The zero-order chi connectivity index (χ0) is 11.7. The molecule has 1 heterocycles. The molecule has 0 amide bonds. The molecular formula is C9H12N4O3. The van der Waals surface area contributed by atoms with E-state index in [9.17, 15) is 10.1 Å². The minimum absolute atomic E-state index is 0.0178. The van der Waals surface area contributed by atoms with Gasteiger partial charge in [-0.25, -0.2) is 4.98 Å². The van der Waals surface area contributed by atoms with Crippen molar-refractivity contribution in [2.24, 2.45) is 5.92 Å². The summed E-state index contributed by atoms with van der Waals surface area (Å²) in [5.41, 5.74) is -0.205. The lowest BCUT2D eigenvalue weighted by atomic mass is 10.4. The summed E-state index contributed by atoms with van der Waals surface area (Å²) in [5, 5.41) is 13.9. The number of nitrogens with zero attached hydrogens (tertiary/aromatic N) is 3. The molecule has 2 atom stereocenters. The van der Waals surface area contributed by atoms with Gasteiger partial charge >= 0.3 is 5.69 Å². The number of methoxy groups -OCH3 is 1. The fourth-order valence-electron chi connectivity index (χ4n) is 1.48. The van der Waals surface area contributed by atoms with Gasteiger partial charge in [0.05, 0.1) is 12.0 Å². The van der Waals surface area contributed by atoms with Crippen molar-refractivity contribution in [3.63, 3.8) is 0 Å². The zero-order valence-corrected chi connectivity index (χ0v) is 9.01. The third-order valence-corrected chi connectivity index (χ3v) is 2.60. The van der Waals surface area contributed by atoms with E-state index in [2.05, 4.69) is 22.2 Å². The largest absolute Gasteiger partial charge is 0.476 e. The third kappa shape index (κ3) is 1.88. The Hall–Kier alpha value is -1.92. The van der Waals surface area contributed by atoms with Gasteiger partial charge in [-0.05, 0) is 12.3 Å². The van der Waals surface area contributed by atoms with E-state index in [1.165, 1.54) is 13.4 Å². The molecule has 0 spiro atoms. The molecular weight excluding hydrogens is 212 g/mol. The monoisotopic (exact) mass is 224 g/mol. The molecule has 7 nitrogen and oxygen atoms in total. The average molecular weight is 224 g/mol. The number of nitrogens with one attached hydrogen (secondary N) is 1. The lowest BCUT2D eigenvalue weighted by molar-refractivity contribution is -0.385. The van der Waals surface area contributed by atoms with Crippen molar-refractivity contribution in [2.75, 3.05) is 12.4 Å². The van der Waals surface area contributed by atoms with Crippen LogP contribution in [0.25, 0.3) is 0 Å². The maximum absolute atomic E-state index is 10.9. The average Bonchev–Trinajstić information content (AvgIpc) is 2.93. The van der Waals surface area contributed by atoms with Gasteiger partial charge in [0.2, 0.25) is 5.82 Å². The first-order chi connectivity index (χ1) is 7.63. The highest BCUT2D eigenvalue weighted by Crippen LogP contribution is 2.37. The molecule has 7 heteroatoms. The van der Waals surface area contributed by atoms with Crippen LogP contribution in [-0.4, -0.2) is 28.0 Å². The topological polar surface area (TPSA) is 90.2 Å². The Bertz CT molecular complexity index is 423. The second kappa shape index (κ2) is 3.92. The molecule has 2 rings (SSSR count). The summed E-state index contributed by atoms with van der Waals surface area (Å²) >= 11 is 0. The predicted molar refractivity (Wildman–Crippen MR) is 56.4 cm³/mol. The van der Waals surface area contributed by atoms with Gasteiger partial charge in [-0.1, -0.05) is 6.92 Å². The van der Waals surface area contributed by atoms with Gasteiger partial charge < -0.3 is 10.1 Å². The normalized spacial score (nSPS) is 22.6. The lowest BCUT2D eigenvalue weighted by Gasteiger charge is -2.06. The van der Waals surface area contributed by atoms with Gasteiger partial charge in [-0.3, -0.25) is 10.1 Å². The summed E-state index contributed by atoms with van der Waals surface area (Å²) in [5.74, 6) is 0.738. The molecule has 0 bridgehead atoms. The van der Waals surface area contributed by atoms with Crippen LogP contribution in [0.4, 0.5) is 11.5 Å². The van der Waals surface area contributed by atoms with Crippen molar-refractivity contribution in [3.05, 3.63) is 16.4 Å². The molecule has 0 radical (unpaired) electrons. The minimum Gasteiger partial charge on any atom is -0.476 e. The number of nitro groups is 1. The number of hydrogen-bond acceptors (Lipinski definition) is 6. The first kappa shape index (κ1) is 10.6. The number of rotatable bonds is 4. The molecule has 1 saturated carbocycles. The Kier molecular flexibility index (Phi) is 2.59. The Morgan fingerprint density at radius 3 is 2.81 bits per heavy atom. The third-order valence-electron chi connectivity index (χ3n) is 2.60. The zero-order valence-electron chi connectivity index (χ0n) is 9.01. The predicted octanol–water partition coefficient (Wildman–Crippen LogP) is 1.21. The van der Waals surface area contributed by atoms with Crippen molar-refractivity contribution in [1.82, 2.24) is 9.97 Å². The number of hydrogen-bond donors (Lipinski definition) is 1. The summed E-state index contributed by atoms with van der Waals surface area (Å²) in [6, 6.07) is 0.262. The fraction of sp³-hybridized carbons (Fsp3) is 0.556. The highest BCUT2D eigenvalue weighted by molar-refractivity contribution is 5.61. The second-order valence-electron chi connectivity index (χ2n) is 3.80. The number of ether oxygens (including phenoxy) is 1. The van der Waals surface area contributed by atoms with Gasteiger partial charge in [0, 0.05) is 6.04 Å². The quantitative estimate of drug-likeness (QED) is 0.610. The van der Waals surface area contributed by atoms with E-state index in [-0.39, 0.29) is 23.4 Å². The molecule has 0 saturated heterocycles. The first-order valence-corrected chi connectivity index (χ1v) is 4.93. The molecule has 86 valence electrons. The smallest absolute Gasteiger partial charge is 0.372 e. The molecule has 0 aliphatic heterocycles. The van der Waals surface area contributed by atoms with Gasteiger partial charge in [-0.2, -0.15) is 4.98 Å². The molecule has 2 unspecified atom stereocenters. The Morgan fingerprint density at radius 1 is 1.62 bits per heavy atom. The summed E-state index contributed by atoms with van der Waals surface area (Å²) in [7, 11) is 1.35. The highest BCUT2D eigenvalue weighted by Gasteiger charge is 2.35. The highest BCUT2D eigenvalue weighted by atomic mass is 16.6. The summed E-state index contributed by atoms with van der Waals surface area (Å²) in [6.07, 6.45) is 2.25. The molecule has 16 heavy (non-hydrogen) atoms. The first-order valence-electron chi connectivity index (χ1n) is 4.93. The van der Waals surface area contributed by atoms with E-state index in [0.717, 1.165) is 6.42 Å². The van der Waals surface area contributed by atoms with E-state index in [1.807, 2.05) is 0 Å². The molecule has 1 N–H and O–H groups in total. The standard InChI is InChI=1S/C9H12N4O3/c1-5-3-6(5)12-8-7(13(14)15)9(16-2)11-4-10-8/h4-6H,3H2,1-2H3,(H,10,11,12). The van der Waals surface area contributed by atoms with Crippen molar-refractivity contribution >= 4 is 11.5 Å². The molecule has 1 aliphatic rings. The SMILES string of the molecule is COc1ncnc(NC2CC2C)c1[N+](=O)[O-]. The maximum Gasteiger partial charge on any atom is 0.372 e. The minimum atomic E-state index is -0.534.